The quantitative estimate of drug-likeness (QED) is 0.441. The molecule has 0 aliphatic heterocycles. The van der Waals surface area contributed by atoms with E-state index < -0.39 is 34.2 Å². The molecule has 0 atom stereocenters. The fourth-order valence-corrected chi connectivity index (χ4v) is 2.60. The second-order valence-corrected chi connectivity index (χ2v) is 5.27. The van der Waals surface area contributed by atoms with Gasteiger partial charge >= 0.3 is 0 Å². The van der Waals surface area contributed by atoms with Gasteiger partial charge in [-0.1, -0.05) is 0 Å². The number of phenols is 5. The van der Waals surface area contributed by atoms with Crippen molar-refractivity contribution < 1.29 is 39.4 Å². The fourth-order valence-electron chi connectivity index (χ4n) is 2.60. The molecular formula is C17H14O9. The van der Waals surface area contributed by atoms with Gasteiger partial charge in [-0.05, 0) is 12.1 Å². The third-order valence-corrected chi connectivity index (χ3v) is 3.83. The SMILES string of the molecule is COc1c(O)cc2oc(-c3ccc(O)c(O)c3O)c(OC)c(=O)c2c1O. The third kappa shape index (κ3) is 2.29. The summed E-state index contributed by atoms with van der Waals surface area (Å²) in [5.41, 5.74) is -1.16. The molecule has 3 aromatic rings. The van der Waals surface area contributed by atoms with E-state index in [1.807, 2.05) is 0 Å². The van der Waals surface area contributed by atoms with E-state index in [9.17, 15) is 30.3 Å². The fraction of sp³-hybridized carbons (Fsp3) is 0.118. The first-order valence-electron chi connectivity index (χ1n) is 7.19. The Morgan fingerprint density at radius 1 is 0.846 bits per heavy atom. The van der Waals surface area contributed by atoms with Crippen molar-refractivity contribution in [3.8, 4) is 51.6 Å². The predicted octanol–water partition coefficient (Wildman–Crippen LogP) is 2.01. The molecule has 0 aliphatic carbocycles. The minimum Gasteiger partial charge on any atom is -0.504 e. The molecule has 5 N–H and O–H groups in total. The minimum atomic E-state index is -0.812. The van der Waals surface area contributed by atoms with Crippen molar-refractivity contribution in [2.45, 2.75) is 0 Å². The van der Waals surface area contributed by atoms with Crippen LogP contribution in [0.4, 0.5) is 0 Å². The van der Waals surface area contributed by atoms with Crippen molar-refractivity contribution in [3.05, 3.63) is 28.4 Å². The molecule has 2 aromatic carbocycles. The van der Waals surface area contributed by atoms with Crippen LogP contribution in [0.5, 0.6) is 40.2 Å². The maximum absolute atomic E-state index is 12.7. The van der Waals surface area contributed by atoms with E-state index in [0.717, 1.165) is 12.1 Å². The molecule has 0 saturated carbocycles. The Morgan fingerprint density at radius 2 is 1.50 bits per heavy atom. The van der Waals surface area contributed by atoms with Crippen LogP contribution in [-0.2, 0) is 0 Å². The van der Waals surface area contributed by atoms with E-state index in [0.29, 0.717) is 0 Å². The lowest BCUT2D eigenvalue weighted by Crippen LogP contribution is -2.08. The standard InChI is InChI=1S/C17H14O9/c1-24-16-8(19)5-9-10(13(16)22)14(23)17(25-2)15(26-9)6-3-4-7(18)12(21)11(6)20/h3-5,18-22H,1-2H3. The van der Waals surface area contributed by atoms with Gasteiger partial charge in [0.25, 0.3) is 0 Å². The van der Waals surface area contributed by atoms with E-state index >= 15 is 0 Å². The van der Waals surface area contributed by atoms with Gasteiger partial charge in [0.2, 0.25) is 22.7 Å². The third-order valence-electron chi connectivity index (χ3n) is 3.83. The second-order valence-electron chi connectivity index (χ2n) is 5.27. The summed E-state index contributed by atoms with van der Waals surface area (Å²) in [5, 5.41) is 49.0. The Hall–Kier alpha value is -3.75. The van der Waals surface area contributed by atoms with E-state index in [-0.39, 0.29) is 33.8 Å². The lowest BCUT2D eigenvalue weighted by Gasteiger charge is -2.13. The van der Waals surface area contributed by atoms with E-state index in [4.69, 9.17) is 13.9 Å². The average molecular weight is 362 g/mol. The van der Waals surface area contributed by atoms with Gasteiger partial charge in [0, 0.05) is 6.07 Å². The molecule has 1 aromatic heterocycles. The summed E-state index contributed by atoms with van der Waals surface area (Å²) < 4.78 is 15.4. The van der Waals surface area contributed by atoms with E-state index in [1.165, 1.54) is 20.3 Å². The van der Waals surface area contributed by atoms with Crippen molar-refractivity contribution in [1.82, 2.24) is 0 Å². The molecule has 1 heterocycles. The Balaban J connectivity index is 2.46. The summed E-state index contributed by atoms with van der Waals surface area (Å²) in [4.78, 5) is 12.7. The predicted molar refractivity (Wildman–Crippen MR) is 89.3 cm³/mol. The molecule has 0 unspecified atom stereocenters. The maximum atomic E-state index is 12.7. The number of ether oxygens (including phenoxy) is 2. The van der Waals surface area contributed by atoms with Crippen LogP contribution in [0.25, 0.3) is 22.3 Å². The van der Waals surface area contributed by atoms with Crippen LogP contribution in [0.2, 0.25) is 0 Å². The Bertz CT molecular complexity index is 1080. The monoisotopic (exact) mass is 362 g/mol. The van der Waals surface area contributed by atoms with Crippen molar-refractivity contribution in [2.24, 2.45) is 0 Å². The van der Waals surface area contributed by atoms with Gasteiger partial charge in [0.05, 0.1) is 19.8 Å². The number of rotatable bonds is 3. The maximum Gasteiger partial charge on any atom is 0.239 e. The number of benzene rings is 2. The lowest BCUT2D eigenvalue weighted by molar-refractivity contribution is 0.345. The Morgan fingerprint density at radius 3 is 2.12 bits per heavy atom. The number of hydrogen-bond donors (Lipinski definition) is 5. The van der Waals surface area contributed by atoms with Crippen molar-refractivity contribution in [1.29, 1.82) is 0 Å². The number of fused-ring (bicyclic) bond motifs is 1. The Labute approximate surface area is 145 Å². The van der Waals surface area contributed by atoms with Crippen LogP contribution in [-0.4, -0.2) is 39.8 Å². The normalized spacial score (nSPS) is 10.8. The van der Waals surface area contributed by atoms with Gasteiger partial charge in [-0.25, -0.2) is 0 Å². The Kier molecular flexibility index (Phi) is 3.91. The molecule has 136 valence electrons. The average Bonchev–Trinajstić information content (AvgIpc) is 2.59. The highest BCUT2D eigenvalue weighted by Gasteiger charge is 2.26. The van der Waals surface area contributed by atoms with Crippen LogP contribution < -0.4 is 14.9 Å². The van der Waals surface area contributed by atoms with E-state index in [2.05, 4.69) is 0 Å². The number of phenolic OH excluding ortho intramolecular Hbond substituents is 5. The number of aromatic hydroxyl groups is 5. The second kappa shape index (κ2) is 5.96. The first kappa shape index (κ1) is 17.1. The molecule has 3 rings (SSSR count). The molecule has 26 heavy (non-hydrogen) atoms. The lowest BCUT2D eigenvalue weighted by atomic mass is 10.1. The van der Waals surface area contributed by atoms with Crippen LogP contribution >= 0.6 is 0 Å². The molecule has 9 heteroatoms. The van der Waals surface area contributed by atoms with E-state index in [1.54, 1.807) is 0 Å². The molecular weight excluding hydrogens is 348 g/mol. The first-order chi connectivity index (χ1) is 12.3. The summed E-state index contributed by atoms with van der Waals surface area (Å²) in [5.74, 6) is -4.21. The molecule has 0 amide bonds. The largest absolute Gasteiger partial charge is 0.504 e. The van der Waals surface area contributed by atoms with Gasteiger partial charge < -0.3 is 39.4 Å². The molecule has 0 saturated heterocycles. The smallest absolute Gasteiger partial charge is 0.239 e. The zero-order chi connectivity index (χ0) is 19.2. The molecule has 0 aliphatic rings. The highest BCUT2D eigenvalue weighted by molar-refractivity contribution is 5.92. The molecule has 0 radical (unpaired) electrons. The van der Waals surface area contributed by atoms with Crippen LogP contribution in [0, 0.1) is 0 Å². The summed E-state index contributed by atoms with van der Waals surface area (Å²) in [6.07, 6.45) is 0. The summed E-state index contributed by atoms with van der Waals surface area (Å²) in [7, 11) is 2.37. The minimum absolute atomic E-state index is 0.147. The molecule has 0 fully saturated rings. The van der Waals surface area contributed by atoms with Gasteiger partial charge in [0.15, 0.2) is 28.8 Å². The van der Waals surface area contributed by atoms with Crippen molar-refractivity contribution in [3.63, 3.8) is 0 Å². The van der Waals surface area contributed by atoms with Gasteiger partial charge in [-0.2, -0.15) is 0 Å². The van der Waals surface area contributed by atoms with Crippen LogP contribution in [0.15, 0.2) is 27.4 Å². The summed E-state index contributed by atoms with van der Waals surface area (Å²) in [6, 6.07) is 3.33. The van der Waals surface area contributed by atoms with Crippen molar-refractivity contribution in [2.75, 3.05) is 14.2 Å². The van der Waals surface area contributed by atoms with Crippen LogP contribution in [0.3, 0.4) is 0 Å². The van der Waals surface area contributed by atoms with Gasteiger partial charge in [-0.3, -0.25) is 4.79 Å². The number of methoxy groups -OCH3 is 2. The van der Waals surface area contributed by atoms with Gasteiger partial charge in [-0.15, -0.1) is 0 Å². The highest BCUT2D eigenvalue weighted by atomic mass is 16.5. The summed E-state index contributed by atoms with van der Waals surface area (Å²) >= 11 is 0. The molecule has 9 nitrogen and oxygen atoms in total. The molecule has 0 bridgehead atoms. The first-order valence-corrected chi connectivity index (χ1v) is 7.19. The van der Waals surface area contributed by atoms with Crippen LogP contribution in [0.1, 0.15) is 0 Å². The zero-order valence-corrected chi connectivity index (χ0v) is 13.6. The zero-order valence-electron chi connectivity index (χ0n) is 13.6. The highest BCUT2D eigenvalue weighted by Crippen LogP contribution is 2.47. The molecule has 0 spiro atoms. The summed E-state index contributed by atoms with van der Waals surface area (Å²) in [6.45, 7) is 0. The number of hydrogen-bond acceptors (Lipinski definition) is 9. The topological polar surface area (TPSA) is 150 Å². The van der Waals surface area contributed by atoms with Gasteiger partial charge in [0.1, 0.15) is 11.0 Å². The van der Waals surface area contributed by atoms with Crippen molar-refractivity contribution >= 4 is 11.0 Å².